The first kappa shape index (κ1) is 15.0. The predicted octanol–water partition coefficient (Wildman–Crippen LogP) is 3.81. The summed E-state index contributed by atoms with van der Waals surface area (Å²) in [5.74, 6) is -0.144. The molecule has 0 saturated carbocycles. The Labute approximate surface area is 127 Å². The SMILES string of the molecule is Cc1ccc(Cl)c(NS(=O)(=O)c2cccc(O)c2)c1Cl. The highest BCUT2D eigenvalue weighted by molar-refractivity contribution is 7.92. The van der Waals surface area contributed by atoms with E-state index in [0.717, 1.165) is 6.07 Å². The topological polar surface area (TPSA) is 66.4 Å². The summed E-state index contributed by atoms with van der Waals surface area (Å²) in [5, 5.41) is 9.79. The number of benzene rings is 2. The van der Waals surface area contributed by atoms with Crippen LogP contribution in [0, 0.1) is 6.92 Å². The fourth-order valence-electron chi connectivity index (χ4n) is 1.59. The van der Waals surface area contributed by atoms with Crippen LogP contribution in [0.15, 0.2) is 41.3 Å². The van der Waals surface area contributed by atoms with Crippen LogP contribution in [0.25, 0.3) is 0 Å². The van der Waals surface area contributed by atoms with Crippen LogP contribution in [0.4, 0.5) is 5.69 Å². The van der Waals surface area contributed by atoms with Crippen LogP contribution in [-0.4, -0.2) is 13.5 Å². The summed E-state index contributed by atoms with van der Waals surface area (Å²) in [5.41, 5.74) is 0.821. The molecule has 0 heterocycles. The van der Waals surface area contributed by atoms with Crippen LogP contribution in [0.5, 0.6) is 5.75 Å². The van der Waals surface area contributed by atoms with Crippen molar-refractivity contribution >= 4 is 38.9 Å². The minimum Gasteiger partial charge on any atom is -0.508 e. The molecular weight excluding hydrogens is 321 g/mol. The minimum absolute atomic E-state index is 0.0776. The molecule has 2 aromatic rings. The van der Waals surface area contributed by atoms with Crippen molar-refractivity contribution < 1.29 is 13.5 Å². The fraction of sp³-hybridized carbons (Fsp3) is 0.0769. The number of aryl methyl sites for hydroxylation is 1. The zero-order valence-corrected chi connectivity index (χ0v) is 12.7. The molecule has 0 fully saturated rings. The maximum Gasteiger partial charge on any atom is 0.262 e. The number of phenolic OH excluding ortho intramolecular Hbond substituents is 1. The summed E-state index contributed by atoms with van der Waals surface area (Å²) in [6, 6.07) is 8.56. The van der Waals surface area contributed by atoms with Gasteiger partial charge in [0.1, 0.15) is 5.75 Å². The Kier molecular flexibility index (Phi) is 4.13. The first-order valence-electron chi connectivity index (χ1n) is 5.58. The third-order valence-corrected chi connectivity index (χ3v) is 4.80. The van der Waals surface area contributed by atoms with Gasteiger partial charge in [0.25, 0.3) is 10.0 Å². The lowest BCUT2D eigenvalue weighted by molar-refractivity contribution is 0.473. The van der Waals surface area contributed by atoms with E-state index in [1.165, 1.54) is 18.2 Å². The van der Waals surface area contributed by atoms with Gasteiger partial charge < -0.3 is 5.11 Å². The van der Waals surface area contributed by atoms with Crippen molar-refractivity contribution in [3.05, 3.63) is 52.0 Å². The first-order valence-corrected chi connectivity index (χ1v) is 7.81. The molecule has 7 heteroatoms. The average molecular weight is 332 g/mol. The monoisotopic (exact) mass is 331 g/mol. The van der Waals surface area contributed by atoms with E-state index in [9.17, 15) is 13.5 Å². The third kappa shape index (κ3) is 3.00. The van der Waals surface area contributed by atoms with Crippen molar-refractivity contribution in [3.8, 4) is 5.75 Å². The summed E-state index contributed by atoms with van der Waals surface area (Å²) in [7, 11) is -3.88. The molecule has 0 radical (unpaired) electrons. The number of sulfonamides is 1. The van der Waals surface area contributed by atoms with Crippen molar-refractivity contribution in [1.29, 1.82) is 0 Å². The summed E-state index contributed by atoms with van der Waals surface area (Å²) in [4.78, 5) is -0.0776. The van der Waals surface area contributed by atoms with Crippen LogP contribution in [0.2, 0.25) is 10.0 Å². The van der Waals surface area contributed by atoms with E-state index in [0.29, 0.717) is 5.56 Å². The quantitative estimate of drug-likeness (QED) is 0.898. The molecule has 20 heavy (non-hydrogen) atoms. The van der Waals surface area contributed by atoms with Gasteiger partial charge >= 0.3 is 0 Å². The highest BCUT2D eigenvalue weighted by atomic mass is 35.5. The summed E-state index contributed by atoms with van der Waals surface area (Å²) >= 11 is 12.0. The zero-order chi connectivity index (χ0) is 14.9. The minimum atomic E-state index is -3.88. The molecule has 4 nitrogen and oxygen atoms in total. The smallest absolute Gasteiger partial charge is 0.262 e. The average Bonchev–Trinajstić information content (AvgIpc) is 2.39. The molecule has 0 bridgehead atoms. The van der Waals surface area contributed by atoms with E-state index in [-0.39, 0.29) is 26.4 Å². The van der Waals surface area contributed by atoms with E-state index in [2.05, 4.69) is 4.72 Å². The van der Waals surface area contributed by atoms with E-state index in [1.807, 2.05) is 0 Å². The Morgan fingerprint density at radius 1 is 1.15 bits per heavy atom. The van der Waals surface area contributed by atoms with E-state index >= 15 is 0 Å². The normalized spacial score (nSPS) is 11.3. The van der Waals surface area contributed by atoms with Crippen LogP contribution in [0.1, 0.15) is 5.56 Å². The highest BCUT2D eigenvalue weighted by Crippen LogP contribution is 2.34. The lowest BCUT2D eigenvalue weighted by Gasteiger charge is -2.12. The number of hydrogen-bond acceptors (Lipinski definition) is 3. The Balaban J connectivity index is 2.47. The van der Waals surface area contributed by atoms with Crippen molar-refractivity contribution in [2.45, 2.75) is 11.8 Å². The van der Waals surface area contributed by atoms with Crippen molar-refractivity contribution in [2.75, 3.05) is 4.72 Å². The molecule has 0 saturated heterocycles. The van der Waals surface area contributed by atoms with E-state index < -0.39 is 10.0 Å². The van der Waals surface area contributed by atoms with Gasteiger partial charge in [-0.1, -0.05) is 35.3 Å². The molecule has 0 spiro atoms. The summed E-state index contributed by atoms with van der Waals surface area (Å²) in [6.45, 7) is 1.74. The van der Waals surface area contributed by atoms with Crippen LogP contribution >= 0.6 is 23.2 Å². The first-order chi connectivity index (χ1) is 9.31. The van der Waals surface area contributed by atoms with Crippen molar-refractivity contribution in [3.63, 3.8) is 0 Å². The Morgan fingerprint density at radius 2 is 1.85 bits per heavy atom. The standard InChI is InChI=1S/C13H11Cl2NO3S/c1-8-5-6-11(14)13(12(8)15)16-20(18,19)10-4-2-3-9(17)7-10/h2-7,16-17H,1H3. The fourth-order valence-corrected chi connectivity index (χ4v) is 3.30. The van der Waals surface area contributed by atoms with Crippen LogP contribution in [-0.2, 0) is 10.0 Å². The van der Waals surface area contributed by atoms with Gasteiger partial charge in [0.2, 0.25) is 0 Å². The number of rotatable bonds is 3. The highest BCUT2D eigenvalue weighted by Gasteiger charge is 2.19. The van der Waals surface area contributed by atoms with Gasteiger partial charge in [-0.3, -0.25) is 4.72 Å². The molecule has 0 aliphatic rings. The number of phenols is 1. The maximum atomic E-state index is 12.2. The van der Waals surface area contributed by atoms with Gasteiger partial charge in [-0.2, -0.15) is 0 Å². The van der Waals surface area contributed by atoms with Crippen molar-refractivity contribution in [1.82, 2.24) is 0 Å². The second-order valence-corrected chi connectivity index (χ2v) is 6.62. The Morgan fingerprint density at radius 3 is 2.50 bits per heavy atom. The maximum absolute atomic E-state index is 12.2. The van der Waals surface area contributed by atoms with Gasteiger partial charge in [0.05, 0.1) is 20.6 Å². The largest absolute Gasteiger partial charge is 0.508 e. The number of halogens is 2. The molecule has 0 aliphatic heterocycles. The molecule has 0 atom stereocenters. The Hall–Kier alpha value is -1.43. The molecule has 0 unspecified atom stereocenters. The molecule has 2 aromatic carbocycles. The summed E-state index contributed by atoms with van der Waals surface area (Å²) in [6.07, 6.45) is 0. The van der Waals surface area contributed by atoms with Gasteiger partial charge in [-0.25, -0.2) is 8.42 Å². The van der Waals surface area contributed by atoms with Crippen molar-refractivity contribution in [2.24, 2.45) is 0 Å². The number of anilines is 1. The van der Waals surface area contributed by atoms with Crippen LogP contribution in [0.3, 0.4) is 0 Å². The molecule has 106 valence electrons. The van der Waals surface area contributed by atoms with Gasteiger partial charge in [-0.05, 0) is 30.7 Å². The second-order valence-electron chi connectivity index (χ2n) is 4.16. The van der Waals surface area contributed by atoms with Crippen LogP contribution < -0.4 is 4.72 Å². The molecule has 2 rings (SSSR count). The third-order valence-electron chi connectivity index (χ3n) is 2.65. The predicted molar refractivity (Wildman–Crippen MR) is 80.1 cm³/mol. The number of nitrogens with one attached hydrogen (secondary N) is 1. The molecule has 0 aromatic heterocycles. The van der Waals surface area contributed by atoms with Gasteiger partial charge in [-0.15, -0.1) is 0 Å². The molecule has 0 aliphatic carbocycles. The summed E-state index contributed by atoms with van der Waals surface area (Å²) < 4.78 is 26.8. The second kappa shape index (κ2) is 5.52. The van der Waals surface area contributed by atoms with Gasteiger partial charge in [0.15, 0.2) is 0 Å². The van der Waals surface area contributed by atoms with E-state index in [4.69, 9.17) is 23.2 Å². The molecular formula is C13H11Cl2NO3S. The molecule has 0 amide bonds. The lowest BCUT2D eigenvalue weighted by atomic mass is 10.2. The zero-order valence-electron chi connectivity index (χ0n) is 10.4. The van der Waals surface area contributed by atoms with Gasteiger partial charge in [0, 0.05) is 6.07 Å². The number of hydrogen-bond donors (Lipinski definition) is 2. The number of aromatic hydroxyl groups is 1. The Bertz CT molecular complexity index is 760. The van der Waals surface area contributed by atoms with E-state index in [1.54, 1.807) is 19.1 Å². The molecule has 2 N–H and O–H groups in total. The lowest BCUT2D eigenvalue weighted by Crippen LogP contribution is -2.13.